The first-order chi connectivity index (χ1) is 15.0. The Bertz CT molecular complexity index is 1020. The average molecular weight is 419 g/mol. The highest BCUT2D eigenvalue weighted by Crippen LogP contribution is 2.23. The Balaban J connectivity index is 1.64. The van der Waals surface area contributed by atoms with Crippen LogP contribution in [-0.2, 0) is 14.3 Å². The van der Waals surface area contributed by atoms with E-state index in [1.807, 2.05) is 37.3 Å². The van der Waals surface area contributed by atoms with Gasteiger partial charge in [0, 0.05) is 17.3 Å². The van der Waals surface area contributed by atoms with Crippen LogP contribution in [0.15, 0.2) is 78.9 Å². The maximum Gasteiger partial charge on any atom is 0.310 e. The zero-order valence-electron chi connectivity index (χ0n) is 17.5. The minimum atomic E-state index is -1.08. The predicted octanol–water partition coefficient (Wildman–Crippen LogP) is 4.70. The van der Waals surface area contributed by atoms with Crippen LogP contribution in [0.2, 0.25) is 0 Å². The van der Waals surface area contributed by atoms with Gasteiger partial charge in [-0.15, -0.1) is 0 Å². The van der Waals surface area contributed by atoms with Gasteiger partial charge in [-0.25, -0.2) is 0 Å². The second-order valence-electron chi connectivity index (χ2n) is 6.92. The molecule has 0 radical (unpaired) electrons. The number of anilines is 1. The number of carbonyl (C=O) groups excluding carboxylic acids is 2. The lowest BCUT2D eigenvalue weighted by Gasteiger charge is -2.18. The number of ether oxygens (including phenoxy) is 3. The zero-order valence-corrected chi connectivity index (χ0v) is 17.5. The Morgan fingerprint density at radius 1 is 0.903 bits per heavy atom. The van der Waals surface area contributed by atoms with E-state index in [2.05, 4.69) is 5.32 Å². The minimum absolute atomic E-state index is 0.0176. The number of rotatable bonds is 9. The van der Waals surface area contributed by atoms with Crippen LogP contribution in [-0.4, -0.2) is 25.6 Å². The molecule has 0 bridgehead atoms. The van der Waals surface area contributed by atoms with Crippen molar-refractivity contribution in [1.82, 2.24) is 0 Å². The van der Waals surface area contributed by atoms with E-state index in [-0.39, 0.29) is 13.0 Å². The number of methoxy groups -OCH3 is 1. The molecule has 0 aliphatic rings. The van der Waals surface area contributed by atoms with Crippen molar-refractivity contribution in [2.75, 3.05) is 19.0 Å². The highest BCUT2D eigenvalue weighted by Gasteiger charge is 2.25. The first-order valence-electron chi connectivity index (χ1n) is 9.94. The second kappa shape index (κ2) is 10.8. The van der Waals surface area contributed by atoms with Crippen molar-refractivity contribution in [3.8, 4) is 11.5 Å². The van der Waals surface area contributed by atoms with E-state index in [1.54, 1.807) is 55.6 Å². The molecule has 6 heteroatoms. The fraction of sp³-hybridized carbons (Fsp3) is 0.200. The van der Waals surface area contributed by atoms with Crippen LogP contribution in [0.3, 0.4) is 0 Å². The standard InChI is InChI=1S/C25H25NO5/c1-18-8-6-13-22(16-18)30-15-14-23(27)31-24(19-9-4-3-5-10-19)25(28)26-20-11-7-12-21(17-20)29-2/h3-13,16-17,24H,14-15H2,1-2H3,(H,26,28)/t24-/m1/s1. The lowest BCUT2D eigenvalue weighted by molar-refractivity contribution is -0.155. The smallest absolute Gasteiger partial charge is 0.310 e. The maximum atomic E-state index is 12.9. The molecule has 1 N–H and O–H groups in total. The van der Waals surface area contributed by atoms with Gasteiger partial charge in [0.15, 0.2) is 0 Å². The molecule has 3 aromatic rings. The molecule has 1 atom stereocenters. The van der Waals surface area contributed by atoms with Crippen LogP contribution in [0.4, 0.5) is 5.69 Å². The van der Waals surface area contributed by atoms with Crippen molar-refractivity contribution >= 4 is 17.6 Å². The summed E-state index contributed by atoms with van der Waals surface area (Å²) in [4.78, 5) is 25.4. The molecule has 6 nitrogen and oxygen atoms in total. The molecule has 1 amide bonds. The molecular formula is C25H25NO5. The fourth-order valence-electron chi connectivity index (χ4n) is 2.96. The Morgan fingerprint density at radius 3 is 2.39 bits per heavy atom. The molecule has 3 rings (SSSR count). The molecule has 3 aromatic carbocycles. The van der Waals surface area contributed by atoms with Crippen LogP contribution >= 0.6 is 0 Å². The summed E-state index contributed by atoms with van der Waals surface area (Å²) in [5, 5.41) is 2.78. The number of benzene rings is 3. The van der Waals surface area contributed by atoms with Crippen molar-refractivity contribution in [2.24, 2.45) is 0 Å². The van der Waals surface area contributed by atoms with E-state index < -0.39 is 18.0 Å². The number of carbonyl (C=O) groups is 2. The highest BCUT2D eigenvalue weighted by atomic mass is 16.6. The molecule has 0 aliphatic heterocycles. The first kappa shape index (κ1) is 21.9. The van der Waals surface area contributed by atoms with E-state index in [0.29, 0.717) is 22.7 Å². The fourth-order valence-corrected chi connectivity index (χ4v) is 2.96. The molecular weight excluding hydrogens is 394 g/mol. The lowest BCUT2D eigenvalue weighted by atomic mass is 10.1. The number of hydrogen-bond donors (Lipinski definition) is 1. The van der Waals surface area contributed by atoms with Gasteiger partial charge < -0.3 is 19.5 Å². The molecule has 0 aromatic heterocycles. The summed E-state index contributed by atoms with van der Waals surface area (Å²) in [5.74, 6) is 0.317. The van der Waals surface area contributed by atoms with E-state index in [1.165, 1.54) is 0 Å². The monoisotopic (exact) mass is 419 g/mol. The van der Waals surface area contributed by atoms with Crippen molar-refractivity contribution < 1.29 is 23.8 Å². The number of nitrogens with one attached hydrogen (secondary N) is 1. The van der Waals surface area contributed by atoms with Gasteiger partial charge in [0.1, 0.15) is 11.5 Å². The summed E-state index contributed by atoms with van der Waals surface area (Å²) in [5.41, 5.74) is 2.19. The van der Waals surface area contributed by atoms with Gasteiger partial charge in [0.05, 0.1) is 20.1 Å². The van der Waals surface area contributed by atoms with Gasteiger partial charge in [0.2, 0.25) is 6.10 Å². The molecule has 31 heavy (non-hydrogen) atoms. The van der Waals surface area contributed by atoms with Gasteiger partial charge in [-0.2, -0.15) is 0 Å². The molecule has 0 aliphatic carbocycles. The third kappa shape index (κ3) is 6.60. The Morgan fingerprint density at radius 2 is 1.65 bits per heavy atom. The van der Waals surface area contributed by atoms with Crippen LogP contribution in [0.25, 0.3) is 0 Å². The third-order valence-corrected chi connectivity index (χ3v) is 4.49. The van der Waals surface area contributed by atoms with Crippen LogP contribution in [0.5, 0.6) is 11.5 Å². The summed E-state index contributed by atoms with van der Waals surface area (Å²) in [7, 11) is 1.55. The van der Waals surface area contributed by atoms with Crippen molar-refractivity contribution in [1.29, 1.82) is 0 Å². The molecule has 0 heterocycles. The van der Waals surface area contributed by atoms with Gasteiger partial charge in [-0.1, -0.05) is 48.5 Å². The van der Waals surface area contributed by atoms with Crippen LogP contribution in [0.1, 0.15) is 23.7 Å². The summed E-state index contributed by atoms with van der Waals surface area (Å²) < 4.78 is 16.3. The number of hydrogen-bond acceptors (Lipinski definition) is 5. The molecule has 0 saturated heterocycles. The topological polar surface area (TPSA) is 73.9 Å². The average Bonchev–Trinajstić information content (AvgIpc) is 2.78. The van der Waals surface area contributed by atoms with Gasteiger partial charge in [0.25, 0.3) is 5.91 Å². The van der Waals surface area contributed by atoms with E-state index in [4.69, 9.17) is 14.2 Å². The predicted molar refractivity (Wildman–Crippen MR) is 118 cm³/mol. The van der Waals surface area contributed by atoms with Crippen molar-refractivity contribution in [3.05, 3.63) is 90.0 Å². The molecule has 0 spiro atoms. The van der Waals surface area contributed by atoms with Gasteiger partial charge >= 0.3 is 5.97 Å². The Labute approximate surface area is 181 Å². The second-order valence-corrected chi connectivity index (χ2v) is 6.92. The lowest BCUT2D eigenvalue weighted by Crippen LogP contribution is -2.26. The van der Waals surface area contributed by atoms with Crippen LogP contribution < -0.4 is 14.8 Å². The van der Waals surface area contributed by atoms with Crippen LogP contribution in [0, 0.1) is 6.92 Å². The number of esters is 1. The summed E-state index contributed by atoms with van der Waals surface area (Å²) in [6, 6.07) is 23.4. The number of amides is 1. The molecule has 0 saturated carbocycles. The molecule has 0 fully saturated rings. The van der Waals surface area contributed by atoms with E-state index in [9.17, 15) is 9.59 Å². The summed E-state index contributed by atoms with van der Waals surface area (Å²) in [6.07, 6.45) is -1.07. The normalized spacial score (nSPS) is 11.3. The van der Waals surface area contributed by atoms with Crippen molar-refractivity contribution in [2.45, 2.75) is 19.4 Å². The van der Waals surface area contributed by atoms with Crippen molar-refractivity contribution in [3.63, 3.8) is 0 Å². The molecule has 160 valence electrons. The quantitative estimate of drug-likeness (QED) is 0.509. The summed E-state index contributed by atoms with van der Waals surface area (Å²) in [6.45, 7) is 2.12. The highest BCUT2D eigenvalue weighted by molar-refractivity contribution is 5.96. The van der Waals surface area contributed by atoms with E-state index >= 15 is 0 Å². The largest absolute Gasteiger partial charge is 0.497 e. The molecule has 0 unspecified atom stereocenters. The summed E-state index contributed by atoms with van der Waals surface area (Å²) >= 11 is 0. The van der Waals surface area contributed by atoms with Gasteiger partial charge in [-0.05, 0) is 36.8 Å². The minimum Gasteiger partial charge on any atom is -0.497 e. The first-order valence-corrected chi connectivity index (χ1v) is 9.94. The number of aryl methyl sites for hydroxylation is 1. The van der Waals surface area contributed by atoms with E-state index in [0.717, 1.165) is 5.56 Å². The zero-order chi connectivity index (χ0) is 22.1. The Hall–Kier alpha value is -3.80. The Kier molecular flexibility index (Phi) is 7.65. The SMILES string of the molecule is COc1cccc(NC(=O)[C@H](OC(=O)CCOc2cccc(C)c2)c2ccccc2)c1. The maximum absolute atomic E-state index is 12.9. The van der Waals surface area contributed by atoms with Gasteiger partial charge in [-0.3, -0.25) is 9.59 Å². The third-order valence-electron chi connectivity index (χ3n) is 4.49.